The second-order valence-corrected chi connectivity index (χ2v) is 18.0. The minimum Gasteiger partial charge on any atom is -0.508 e. The van der Waals surface area contributed by atoms with E-state index < -0.39 is 0 Å². The Morgan fingerprint density at radius 2 is 1.79 bits per heavy atom. The minimum atomic E-state index is -0.188. The third kappa shape index (κ3) is 9.19. The number of fused-ring (bicyclic) bond motifs is 5. The van der Waals surface area contributed by atoms with Gasteiger partial charge in [0.25, 0.3) is 5.91 Å². The van der Waals surface area contributed by atoms with Gasteiger partial charge in [-0.3, -0.25) is 24.6 Å². The number of piperazine rings is 1. The summed E-state index contributed by atoms with van der Waals surface area (Å²) in [6.07, 6.45) is 12.1. The molecule has 6 aliphatic rings. The van der Waals surface area contributed by atoms with Gasteiger partial charge in [0.2, 0.25) is 12.3 Å². The molecule has 62 heavy (non-hydrogen) atoms. The Kier molecular flexibility index (Phi) is 13.5. The van der Waals surface area contributed by atoms with Gasteiger partial charge < -0.3 is 25.0 Å². The van der Waals surface area contributed by atoms with Crippen molar-refractivity contribution in [3.63, 3.8) is 0 Å². The molecule has 10 rings (SSSR count). The van der Waals surface area contributed by atoms with Crippen molar-refractivity contribution in [2.75, 3.05) is 55.7 Å². The number of nitrogens with one attached hydrogen (secondary N) is 2. The third-order valence-corrected chi connectivity index (χ3v) is 14.2. The van der Waals surface area contributed by atoms with Gasteiger partial charge in [0, 0.05) is 69.9 Å². The number of aryl methyl sites for hydroxylation is 1. The Hall–Kier alpha value is -5.42. The van der Waals surface area contributed by atoms with Crippen LogP contribution in [0.4, 0.5) is 11.5 Å². The number of aromatic nitrogens is 1. The van der Waals surface area contributed by atoms with Crippen LogP contribution in [-0.4, -0.2) is 85.1 Å². The van der Waals surface area contributed by atoms with E-state index in [1.807, 2.05) is 39.0 Å². The number of phenols is 1. The van der Waals surface area contributed by atoms with Gasteiger partial charge in [-0.1, -0.05) is 69.7 Å². The first-order valence-electron chi connectivity index (χ1n) is 23.2. The average molecular weight is 841 g/mol. The predicted molar refractivity (Wildman–Crippen MR) is 244 cm³/mol. The number of rotatable bonds is 9. The first-order valence-corrected chi connectivity index (χ1v) is 23.2. The molecular formula is C51H64N6O5. The summed E-state index contributed by atoms with van der Waals surface area (Å²) in [6, 6.07) is 25.9. The molecule has 3 aromatic carbocycles. The van der Waals surface area contributed by atoms with Gasteiger partial charge in [0.15, 0.2) is 0 Å². The Balaban J connectivity index is 0.000000431. The second-order valence-electron chi connectivity index (χ2n) is 18.0. The van der Waals surface area contributed by atoms with Crippen molar-refractivity contribution in [2.24, 2.45) is 11.3 Å². The summed E-state index contributed by atoms with van der Waals surface area (Å²) < 4.78 is 6.21. The summed E-state index contributed by atoms with van der Waals surface area (Å²) in [5, 5.41) is 15.2. The first kappa shape index (κ1) is 43.2. The maximum Gasteiger partial charge on any atom is 0.252 e. The zero-order valence-electron chi connectivity index (χ0n) is 36.8. The molecule has 3 atom stereocenters. The fraction of sp³-hybridized carbons (Fsp3) is 0.490. The molecule has 2 aliphatic carbocycles. The molecule has 3 fully saturated rings. The normalized spacial score (nSPS) is 22.1. The van der Waals surface area contributed by atoms with Gasteiger partial charge in [-0.15, -0.1) is 0 Å². The number of anilines is 2. The predicted octanol–water partition coefficient (Wildman–Crippen LogP) is 7.95. The van der Waals surface area contributed by atoms with E-state index in [0.717, 1.165) is 92.7 Å². The number of carbonyl (C=O) groups is 3. The number of unbranched alkanes of at least 4 members (excludes halogenated alkanes) is 1. The Labute approximate surface area is 367 Å². The van der Waals surface area contributed by atoms with Crippen molar-refractivity contribution in [1.29, 1.82) is 0 Å². The lowest BCUT2D eigenvalue weighted by Gasteiger charge is -2.54. The maximum atomic E-state index is 12.2. The topological polar surface area (TPSA) is 127 Å². The summed E-state index contributed by atoms with van der Waals surface area (Å²) in [6.45, 7) is 13.8. The zero-order chi connectivity index (χ0) is 43.2. The van der Waals surface area contributed by atoms with Crippen molar-refractivity contribution < 1.29 is 24.2 Å². The molecule has 11 nitrogen and oxygen atoms in total. The van der Waals surface area contributed by atoms with Crippen LogP contribution in [0.3, 0.4) is 0 Å². The average Bonchev–Trinajstić information content (AvgIpc) is 3.66. The molecular weight excluding hydrogens is 777 g/mol. The summed E-state index contributed by atoms with van der Waals surface area (Å²) in [4.78, 5) is 45.1. The van der Waals surface area contributed by atoms with Crippen LogP contribution in [0.25, 0.3) is 0 Å². The largest absolute Gasteiger partial charge is 0.508 e. The van der Waals surface area contributed by atoms with E-state index >= 15 is 0 Å². The summed E-state index contributed by atoms with van der Waals surface area (Å²) in [5.41, 5.74) is 8.74. The SMILES string of the molecule is CC.CCCCC(=O)NC=O.O=C1NCc2cc3c(cc21)OCC1CN(CC2CC4(CCN(c5ccc(C6c7ccc(O)cc7CCC6c6ccccc6)cn5)CC4)C2)CCN31. The Morgan fingerprint density at radius 1 is 0.984 bits per heavy atom. The van der Waals surface area contributed by atoms with Crippen LogP contribution in [0.2, 0.25) is 0 Å². The molecule has 3 N–H and O–H groups in total. The molecule has 2 saturated heterocycles. The number of imide groups is 1. The van der Waals surface area contributed by atoms with Gasteiger partial charge in [-0.2, -0.15) is 0 Å². The molecule has 4 aromatic rings. The smallest absolute Gasteiger partial charge is 0.252 e. The number of aromatic hydroxyl groups is 1. The van der Waals surface area contributed by atoms with Gasteiger partial charge in [0.1, 0.15) is 23.9 Å². The number of ether oxygens (including phenoxy) is 1. The second kappa shape index (κ2) is 19.3. The Morgan fingerprint density at radius 3 is 2.53 bits per heavy atom. The van der Waals surface area contributed by atoms with Gasteiger partial charge in [0.05, 0.1) is 11.7 Å². The van der Waals surface area contributed by atoms with E-state index in [1.54, 1.807) is 0 Å². The molecule has 3 amide bonds. The van der Waals surface area contributed by atoms with Crippen molar-refractivity contribution in [3.05, 3.63) is 112 Å². The number of amides is 3. The molecule has 3 unspecified atom stereocenters. The lowest BCUT2D eigenvalue weighted by molar-refractivity contribution is -0.125. The summed E-state index contributed by atoms with van der Waals surface area (Å²) in [7, 11) is 0. The number of nitrogens with zero attached hydrogens (tertiary/aromatic N) is 4. The number of piperidine rings is 1. The summed E-state index contributed by atoms with van der Waals surface area (Å²) >= 11 is 0. The van der Waals surface area contributed by atoms with Crippen LogP contribution < -0.4 is 25.2 Å². The van der Waals surface area contributed by atoms with Crippen molar-refractivity contribution >= 4 is 29.7 Å². The van der Waals surface area contributed by atoms with Crippen LogP contribution in [0.15, 0.2) is 79.0 Å². The molecule has 328 valence electrons. The molecule has 5 heterocycles. The lowest BCUT2D eigenvalue weighted by atomic mass is 9.57. The highest BCUT2D eigenvalue weighted by Gasteiger charge is 2.47. The number of pyridine rings is 1. The molecule has 1 spiro atoms. The summed E-state index contributed by atoms with van der Waals surface area (Å²) in [5.74, 6) is 3.55. The molecule has 1 saturated carbocycles. The quantitative estimate of drug-likeness (QED) is 0.144. The molecule has 1 aromatic heterocycles. The standard InChI is InChI=1S/C43H47N5O3.C6H11NO2.C2H6/c49-34-8-10-36-30(18-34)6-9-35(29-4-2-1-3-5-29)41(36)31-7-11-40(44-23-31)47-14-12-43(13-15-47)21-28(22-43)25-46-16-17-48-33(26-46)27-51-39-20-37-32(19-38(39)48)24-45-42(37)50;1-2-3-4-6(9)7-5-8;1-2/h1-5,7-8,10-11,18-20,23,28,33,35,41,49H,6,9,12-17,21-22,24-27H2,(H,45,50);5H,2-4H2,1H3,(H,7,8,9);1-2H3. The number of hydrogen-bond donors (Lipinski definition) is 3. The fourth-order valence-corrected chi connectivity index (χ4v) is 11.1. The maximum absolute atomic E-state index is 12.2. The Bertz CT molecular complexity index is 2180. The fourth-order valence-electron chi connectivity index (χ4n) is 11.1. The van der Waals surface area contributed by atoms with Crippen LogP contribution in [0.1, 0.15) is 122 Å². The number of hydrogen-bond acceptors (Lipinski definition) is 9. The molecule has 0 bridgehead atoms. The minimum absolute atomic E-state index is 0.0142. The van der Waals surface area contributed by atoms with E-state index in [-0.39, 0.29) is 17.7 Å². The van der Waals surface area contributed by atoms with E-state index in [0.29, 0.717) is 49.1 Å². The van der Waals surface area contributed by atoms with E-state index in [2.05, 4.69) is 86.1 Å². The highest BCUT2D eigenvalue weighted by atomic mass is 16.5. The number of phenolic OH excluding ortho intramolecular Hbond substituents is 1. The van der Waals surface area contributed by atoms with E-state index in [4.69, 9.17) is 9.72 Å². The highest BCUT2D eigenvalue weighted by Crippen LogP contribution is 2.53. The molecule has 11 heteroatoms. The van der Waals surface area contributed by atoms with Crippen LogP contribution in [-0.2, 0) is 22.6 Å². The van der Waals surface area contributed by atoms with Gasteiger partial charge in [-0.05, 0) is 120 Å². The first-order chi connectivity index (χ1) is 30.3. The lowest BCUT2D eigenvalue weighted by Crippen LogP contribution is -2.59. The monoisotopic (exact) mass is 840 g/mol. The van der Waals surface area contributed by atoms with Crippen LogP contribution >= 0.6 is 0 Å². The van der Waals surface area contributed by atoms with Crippen LogP contribution in [0, 0.1) is 11.3 Å². The molecule has 4 aliphatic heterocycles. The van der Waals surface area contributed by atoms with Gasteiger partial charge >= 0.3 is 0 Å². The van der Waals surface area contributed by atoms with Crippen LogP contribution in [0.5, 0.6) is 11.5 Å². The highest BCUT2D eigenvalue weighted by molar-refractivity contribution is 5.99. The van der Waals surface area contributed by atoms with Crippen molar-refractivity contribution in [1.82, 2.24) is 20.5 Å². The van der Waals surface area contributed by atoms with Gasteiger partial charge in [-0.25, -0.2) is 4.98 Å². The van der Waals surface area contributed by atoms with E-state index in [9.17, 15) is 19.5 Å². The zero-order valence-corrected chi connectivity index (χ0v) is 36.8. The van der Waals surface area contributed by atoms with Crippen molar-refractivity contribution in [2.45, 2.75) is 103 Å². The third-order valence-electron chi connectivity index (χ3n) is 14.2. The van der Waals surface area contributed by atoms with Crippen molar-refractivity contribution in [3.8, 4) is 11.5 Å². The number of benzene rings is 3. The number of carbonyl (C=O) groups excluding carboxylic acids is 3. The van der Waals surface area contributed by atoms with E-state index in [1.165, 1.54) is 54.5 Å². The molecule has 0 radical (unpaired) electrons.